The van der Waals surface area contributed by atoms with E-state index in [2.05, 4.69) is 22.4 Å². The number of β-amino-alcohol motifs (C(OH)–C–C–N with tert-alkyl or cyclic N) is 1. The van der Waals surface area contributed by atoms with E-state index in [4.69, 9.17) is 0 Å². The van der Waals surface area contributed by atoms with Crippen molar-refractivity contribution in [3.63, 3.8) is 0 Å². The van der Waals surface area contributed by atoms with Crippen LogP contribution in [-0.4, -0.2) is 48.8 Å². The smallest absolute Gasteiger partial charge is 0.101 e. The molecule has 1 atom stereocenters. The average Bonchev–Trinajstić information content (AvgIpc) is 2.78. The number of hydrogen-bond acceptors (Lipinski definition) is 4. The van der Waals surface area contributed by atoms with E-state index in [1.54, 1.807) is 0 Å². The number of nitriles is 1. The molecule has 1 fully saturated rings. The number of aliphatic hydroxyl groups excluding tert-OH is 1. The van der Waals surface area contributed by atoms with E-state index in [0.717, 1.165) is 63.2 Å². The number of nitrogens with zero attached hydrogens (tertiary/aromatic N) is 3. The maximum atomic E-state index is 10.0. The molecule has 0 radical (unpaired) electrons. The maximum Gasteiger partial charge on any atom is 0.101 e. The first kappa shape index (κ1) is 16.5. The second kappa shape index (κ2) is 8.57. The van der Waals surface area contributed by atoms with Gasteiger partial charge in [0.15, 0.2) is 0 Å². The molecule has 0 bridgehead atoms. The normalized spacial score (nSPS) is 17.5. The third-order valence-electron chi connectivity index (χ3n) is 4.13. The van der Waals surface area contributed by atoms with E-state index in [1.165, 1.54) is 0 Å². The average molecular weight is 299 g/mol. The summed E-state index contributed by atoms with van der Waals surface area (Å²) in [7, 11) is 0. The molecule has 4 heteroatoms. The van der Waals surface area contributed by atoms with Crippen LogP contribution in [0, 0.1) is 11.3 Å². The van der Waals surface area contributed by atoms with Gasteiger partial charge in [0.05, 0.1) is 17.4 Å². The summed E-state index contributed by atoms with van der Waals surface area (Å²) in [6.07, 6.45) is 4.26. The quantitative estimate of drug-likeness (QED) is 0.820. The first-order valence-electron chi connectivity index (χ1n) is 8.00. The summed E-state index contributed by atoms with van der Waals surface area (Å²) in [4.78, 5) is 4.61. The van der Waals surface area contributed by atoms with Crippen molar-refractivity contribution in [3.05, 3.63) is 42.5 Å². The molecule has 2 rings (SSSR count). The zero-order valence-electron chi connectivity index (χ0n) is 13.1. The van der Waals surface area contributed by atoms with E-state index in [-0.39, 0.29) is 6.10 Å². The minimum Gasteiger partial charge on any atom is -0.392 e. The van der Waals surface area contributed by atoms with Gasteiger partial charge >= 0.3 is 0 Å². The Morgan fingerprint density at radius 1 is 1.27 bits per heavy atom. The van der Waals surface area contributed by atoms with Crippen LogP contribution in [-0.2, 0) is 0 Å². The summed E-state index contributed by atoms with van der Waals surface area (Å²) in [5.41, 5.74) is 1.76. The van der Waals surface area contributed by atoms with E-state index >= 15 is 0 Å². The monoisotopic (exact) mass is 299 g/mol. The molecule has 118 valence electrons. The third kappa shape index (κ3) is 4.59. The van der Waals surface area contributed by atoms with Gasteiger partial charge in [0.25, 0.3) is 0 Å². The Hall–Kier alpha value is -1.83. The van der Waals surface area contributed by atoms with Gasteiger partial charge < -0.3 is 10.0 Å². The highest BCUT2D eigenvalue weighted by molar-refractivity contribution is 5.59. The Balaban J connectivity index is 1.92. The number of aliphatic hydroxyl groups is 1. The zero-order valence-corrected chi connectivity index (χ0v) is 13.1. The van der Waals surface area contributed by atoms with Crippen LogP contribution >= 0.6 is 0 Å². The van der Waals surface area contributed by atoms with E-state index < -0.39 is 0 Å². The standard InChI is InChI=1S/C18H25N3O/c1-2-3-8-17(22)15-20-10-6-11-21(13-12-20)18-9-5-4-7-16(18)14-19/h2,4-5,7,9,17,22H,1,3,6,8,10-13,15H2. The number of benzene rings is 1. The highest BCUT2D eigenvalue weighted by Gasteiger charge is 2.18. The van der Waals surface area contributed by atoms with Crippen molar-refractivity contribution in [2.24, 2.45) is 0 Å². The number of hydrogen-bond donors (Lipinski definition) is 1. The summed E-state index contributed by atoms with van der Waals surface area (Å²) >= 11 is 0. The maximum absolute atomic E-state index is 10.0. The Morgan fingerprint density at radius 2 is 2.09 bits per heavy atom. The number of para-hydroxylation sites is 1. The van der Waals surface area contributed by atoms with Gasteiger partial charge in [0.1, 0.15) is 6.07 Å². The van der Waals surface area contributed by atoms with Crippen LogP contribution in [0.25, 0.3) is 0 Å². The molecule has 0 saturated carbocycles. The molecule has 4 nitrogen and oxygen atoms in total. The first-order chi connectivity index (χ1) is 10.7. The van der Waals surface area contributed by atoms with Crippen molar-refractivity contribution in [1.29, 1.82) is 5.26 Å². The number of anilines is 1. The summed E-state index contributed by atoms with van der Waals surface area (Å²) in [6, 6.07) is 10.1. The first-order valence-corrected chi connectivity index (χ1v) is 8.00. The van der Waals surface area contributed by atoms with Gasteiger partial charge in [0, 0.05) is 26.2 Å². The fourth-order valence-electron chi connectivity index (χ4n) is 2.94. The van der Waals surface area contributed by atoms with Crippen LogP contribution < -0.4 is 4.90 Å². The van der Waals surface area contributed by atoms with E-state index in [9.17, 15) is 10.4 Å². The summed E-state index contributed by atoms with van der Waals surface area (Å²) in [6.45, 7) is 8.19. The SMILES string of the molecule is C=CCCC(O)CN1CCCN(c2ccccc2C#N)CC1. The Labute approximate surface area is 133 Å². The van der Waals surface area contributed by atoms with Crippen molar-refractivity contribution in [3.8, 4) is 6.07 Å². The summed E-state index contributed by atoms with van der Waals surface area (Å²) in [5, 5.41) is 19.3. The lowest BCUT2D eigenvalue weighted by Crippen LogP contribution is -2.36. The third-order valence-corrected chi connectivity index (χ3v) is 4.13. The van der Waals surface area contributed by atoms with E-state index in [0.29, 0.717) is 0 Å². The zero-order chi connectivity index (χ0) is 15.8. The van der Waals surface area contributed by atoms with Gasteiger partial charge in [0.2, 0.25) is 0 Å². The molecule has 1 aliphatic heterocycles. The fraction of sp³-hybridized carbons (Fsp3) is 0.500. The molecule has 1 heterocycles. The summed E-state index contributed by atoms with van der Waals surface area (Å²) < 4.78 is 0. The van der Waals surface area contributed by atoms with Crippen molar-refractivity contribution in [1.82, 2.24) is 4.90 Å². The lowest BCUT2D eigenvalue weighted by atomic mass is 10.1. The molecule has 1 aliphatic rings. The van der Waals surface area contributed by atoms with Gasteiger partial charge in [-0.15, -0.1) is 6.58 Å². The lowest BCUT2D eigenvalue weighted by molar-refractivity contribution is 0.110. The molecule has 1 aromatic rings. The Kier molecular flexibility index (Phi) is 6.45. The van der Waals surface area contributed by atoms with Crippen LogP contribution in [0.2, 0.25) is 0 Å². The lowest BCUT2D eigenvalue weighted by Gasteiger charge is -2.25. The van der Waals surface area contributed by atoms with Gasteiger partial charge in [-0.2, -0.15) is 5.26 Å². The van der Waals surface area contributed by atoms with Crippen LogP contribution in [0.4, 0.5) is 5.69 Å². The largest absolute Gasteiger partial charge is 0.392 e. The topological polar surface area (TPSA) is 50.5 Å². The molecular weight excluding hydrogens is 274 g/mol. The van der Waals surface area contributed by atoms with Crippen LogP contribution in [0.15, 0.2) is 36.9 Å². The molecule has 22 heavy (non-hydrogen) atoms. The van der Waals surface area contributed by atoms with E-state index in [1.807, 2.05) is 30.3 Å². The molecule has 0 amide bonds. The Morgan fingerprint density at radius 3 is 2.86 bits per heavy atom. The van der Waals surface area contributed by atoms with Gasteiger partial charge in [-0.05, 0) is 37.9 Å². The predicted octanol–water partition coefficient (Wildman–Crippen LogP) is 2.40. The van der Waals surface area contributed by atoms with Crippen LogP contribution in [0.5, 0.6) is 0 Å². The highest BCUT2D eigenvalue weighted by atomic mass is 16.3. The van der Waals surface area contributed by atoms with Crippen molar-refractivity contribution in [2.45, 2.75) is 25.4 Å². The Bertz CT molecular complexity index is 523. The molecule has 0 aliphatic carbocycles. The van der Waals surface area contributed by atoms with Crippen LogP contribution in [0.1, 0.15) is 24.8 Å². The molecule has 0 aromatic heterocycles. The van der Waals surface area contributed by atoms with Crippen molar-refractivity contribution in [2.75, 3.05) is 37.6 Å². The molecule has 1 aromatic carbocycles. The predicted molar refractivity (Wildman–Crippen MR) is 89.9 cm³/mol. The number of allylic oxidation sites excluding steroid dienone is 1. The second-order valence-electron chi connectivity index (χ2n) is 5.79. The molecular formula is C18H25N3O. The van der Waals surface area contributed by atoms with Crippen molar-refractivity contribution < 1.29 is 5.11 Å². The fourth-order valence-corrected chi connectivity index (χ4v) is 2.94. The summed E-state index contributed by atoms with van der Waals surface area (Å²) in [5.74, 6) is 0. The van der Waals surface area contributed by atoms with Gasteiger partial charge in [-0.3, -0.25) is 4.90 Å². The van der Waals surface area contributed by atoms with Crippen LogP contribution in [0.3, 0.4) is 0 Å². The highest BCUT2D eigenvalue weighted by Crippen LogP contribution is 2.21. The van der Waals surface area contributed by atoms with Crippen molar-refractivity contribution >= 4 is 5.69 Å². The molecule has 1 unspecified atom stereocenters. The van der Waals surface area contributed by atoms with Gasteiger partial charge in [-0.25, -0.2) is 0 Å². The number of rotatable bonds is 6. The molecule has 1 saturated heterocycles. The van der Waals surface area contributed by atoms with Gasteiger partial charge in [-0.1, -0.05) is 18.2 Å². The minimum atomic E-state index is -0.282. The minimum absolute atomic E-state index is 0.282. The molecule has 0 spiro atoms. The second-order valence-corrected chi connectivity index (χ2v) is 5.79. The molecule has 1 N–H and O–H groups in total.